The van der Waals surface area contributed by atoms with Crippen LogP contribution in [0.1, 0.15) is 38.7 Å². The number of carbonyl (C=O) groups excluding carboxylic acids is 1. The minimum absolute atomic E-state index is 0.0836. The highest BCUT2D eigenvalue weighted by atomic mass is 16.1. The Bertz CT molecular complexity index is 366. The molecule has 96 valence electrons. The van der Waals surface area contributed by atoms with Crippen LogP contribution in [0, 0.1) is 0 Å². The van der Waals surface area contributed by atoms with Gasteiger partial charge in [0.15, 0.2) is 0 Å². The Morgan fingerprint density at radius 1 is 1.33 bits per heavy atom. The van der Waals surface area contributed by atoms with Crippen LogP contribution in [0.25, 0.3) is 0 Å². The molecule has 2 radical (unpaired) electrons. The fourth-order valence-electron chi connectivity index (χ4n) is 2.07. The van der Waals surface area contributed by atoms with E-state index in [0.29, 0.717) is 12.7 Å². The minimum atomic E-state index is -0.261. The van der Waals surface area contributed by atoms with Crippen molar-refractivity contribution in [2.45, 2.75) is 51.4 Å². The summed E-state index contributed by atoms with van der Waals surface area (Å²) in [4.78, 5) is 11.9. The van der Waals surface area contributed by atoms with Crippen LogP contribution < -0.4 is 5.32 Å². The van der Waals surface area contributed by atoms with Crippen molar-refractivity contribution in [3.63, 3.8) is 0 Å². The highest BCUT2D eigenvalue weighted by Crippen LogP contribution is 2.16. The lowest BCUT2D eigenvalue weighted by atomic mass is 9.82. The molecule has 2 nitrogen and oxygen atoms in total. The first-order valence-corrected chi connectivity index (χ1v) is 6.64. The van der Waals surface area contributed by atoms with E-state index in [2.05, 4.69) is 12.2 Å². The van der Waals surface area contributed by atoms with Gasteiger partial charge in [-0.3, -0.25) is 4.79 Å². The molecular formula is C15H22BNO. The molecular weight excluding hydrogens is 221 g/mol. The van der Waals surface area contributed by atoms with E-state index >= 15 is 0 Å². The predicted octanol–water partition coefficient (Wildman–Crippen LogP) is 2.88. The zero-order chi connectivity index (χ0) is 13.4. The Balaban J connectivity index is 2.41. The Kier molecular flexibility index (Phi) is 5.96. The summed E-state index contributed by atoms with van der Waals surface area (Å²) in [6, 6.07) is 10.1. The van der Waals surface area contributed by atoms with Crippen LogP contribution >= 0.6 is 0 Å². The fourth-order valence-corrected chi connectivity index (χ4v) is 2.07. The van der Waals surface area contributed by atoms with Gasteiger partial charge in [0.25, 0.3) is 0 Å². The van der Waals surface area contributed by atoms with Crippen LogP contribution in [-0.4, -0.2) is 19.3 Å². The summed E-state index contributed by atoms with van der Waals surface area (Å²) in [5, 5.41) is 3.05. The molecule has 1 rings (SSSR count). The quantitative estimate of drug-likeness (QED) is 0.733. The second kappa shape index (κ2) is 7.25. The Morgan fingerprint density at radius 3 is 2.56 bits per heavy atom. The molecule has 0 saturated heterocycles. The first-order valence-electron chi connectivity index (χ1n) is 6.64. The maximum atomic E-state index is 11.9. The van der Waals surface area contributed by atoms with Gasteiger partial charge >= 0.3 is 0 Å². The maximum absolute atomic E-state index is 11.9. The lowest BCUT2D eigenvalue weighted by Gasteiger charge is -2.29. The van der Waals surface area contributed by atoms with E-state index in [1.807, 2.05) is 37.3 Å². The summed E-state index contributed by atoms with van der Waals surface area (Å²) >= 11 is 0. The molecule has 0 saturated carbocycles. The van der Waals surface area contributed by atoms with Crippen molar-refractivity contribution in [1.82, 2.24) is 5.32 Å². The van der Waals surface area contributed by atoms with Gasteiger partial charge in [-0.05, 0) is 25.3 Å². The minimum Gasteiger partial charge on any atom is -0.352 e. The van der Waals surface area contributed by atoms with Crippen LogP contribution in [0.15, 0.2) is 30.3 Å². The number of carbonyl (C=O) groups is 1. The molecule has 1 aromatic rings. The normalized spacial score (nSPS) is 13.9. The molecule has 0 aromatic heterocycles. The summed E-state index contributed by atoms with van der Waals surface area (Å²) in [6.45, 7) is 4.11. The number of hydrogen-bond donors (Lipinski definition) is 1. The van der Waals surface area contributed by atoms with Gasteiger partial charge in [-0.25, -0.2) is 0 Å². The van der Waals surface area contributed by atoms with E-state index in [1.54, 1.807) is 0 Å². The van der Waals surface area contributed by atoms with E-state index in [9.17, 15) is 4.79 Å². The zero-order valence-corrected chi connectivity index (χ0v) is 11.4. The first kappa shape index (κ1) is 14.8. The molecule has 0 aliphatic heterocycles. The molecule has 1 aromatic carbocycles. The van der Waals surface area contributed by atoms with Crippen LogP contribution in [0.4, 0.5) is 0 Å². The topological polar surface area (TPSA) is 29.1 Å². The van der Waals surface area contributed by atoms with Gasteiger partial charge in [-0.2, -0.15) is 0 Å². The lowest BCUT2D eigenvalue weighted by Crippen LogP contribution is -2.45. The average Bonchev–Trinajstić information content (AvgIpc) is 2.38. The SMILES string of the molecule is [B]CC(C)(CCC)NC(=O)CCc1ccccc1. The predicted molar refractivity (Wildman–Crippen MR) is 76.8 cm³/mol. The van der Waals surface area contributed by atoms with Gasteiger partial charge in [0, 0.05) is 12.0 Å². The van der Waals surface area contributed by atoms with Crippen LogP contribution in [0.2, 0.25) is 6.32 Å². The number of nitrogens with one attached hydrogen (secondary N) is 1. The lowest BCUT2D eigenvalue weighted by molar-refractivity contribution is -0.122. The molecule has 1 amide bonds. The standard InChI is InChI=1S/C15H22BNO/c1-3-11-15(2,12-16)17-14(18)10-9-13-7-5-4-6-8-13/h4-8H,3,9-12H2,1-2H3,(H,17,18). The van der Waals surface area contributed by atoms with E-state index in [4.69, 9.17) is 7.85 Å². The molecule has 0 aliphatic carbocycles. The maximum Gasteiger partial charge on any atom is 0.220 e. The van der Waals surface area contributed by atoms with Gasteiger partial charge in [0.05, 0.1) is 7.85 Å². The summed E-state index contributed by atoms with van der Waals surface area (Å²) in [7, 11) is 5.73. The molecule has 0 spiro atoms. The third-order valence-electron chi connectivity index (χ3n) is 3.18. The number of aryl methyl sites for hydroxylation is 1. The van der Waals surface area contributed by atoms with E-state index in [-0.39, 0.29) is 11.4 Å². The smallest absolute Gasteiger partial charge is 0.220 e. The Labute approximate surface area is 112 Å². The monoisotopic (exact) mass is 243 g/mol. The molecule has 1 atom stereocenters. The molecule has 1 N–H and O–H groups in total. The molecule has 0 bridgehead atoms. The molecule has 1 unspecified atom stereocenters. The average molecular weight is 243 g/mol. The van der Waals surface area contributed by atoms with Crippen LogP contribution in [0.5, 0.6) is 0 Å². The zero-order valence-electron chi connectivity index (χ0n) is 11.4. The van der Waals surface area contributed by atoms with Crippen molar-refractivity contribution in [2.75, 3.05) is 0 Å². The molecule has 18 heavy (non-hydrogen) atoms. The van der Waals surface area contributed by atoms with E-state index in [1.165, 1.54) is 5.56 Å². The largest absolute Gasteiger partial charge is 0.352 e. The van der Waals surface area contributed by atoms with Gasteiger partial charge < -0.3 is 5.32 Å². The van der Waals surface area contributed by atoms with E-state index in [0.717, 1.165) is 19.3 Å². The third-order valence-corrected chi connectivity index (χ3v) is 3.18. The highest BCUT2D eigenvalue weighted by Gasteiger charge is 2.22. The van der Waals surface area contributed by atoms with Crippen molar-refractivity contribution in [3.8, 4) is 0 Å². The first-order chi connectivity index (χ1) is 8.59. The Morgan fingerprint density at radius 2 is 2.00 bits per heavy atom. The second-order valence-corrected chi connectivity index (χ2v) is 5.05. The van der Waals surface area contributed by atoms with Crippen molar-refractivity contribution in [2.24, 2.45) is 0 Å². The second-order valence-electron chi connectivity index (χ2n) is 5.05. The fraction of sp³-hybridized carbons (Fsp3) is 0.533. The third kappa shape index (κ3) is 4.95. The number of benzene rings is 1. The van der Waals surface area contributed by atoms with Gasteiger partial charge in [0.1, 0.15) is 0 Å². The van der Waals surface area contributed by atoms with Gasteiger partial charge in [0.2, 0.25) is 5.91 Å². The van der Waals surface area contributed by atoms with Gasteiger partial charge in [-0.15, -0.1) is 0 Å². The van der Waals surface area contributed by atoms with Crippen LogP contribution in [0.3, 0.4) is 0 Å². The van der Waals surface area contributed by atoms with Crippen molar-refractivity contribution >= 4 is 13.8 Å². The summed E-state index contributed by atoms with van der Waals surface area (Å²) in [6.07, 6.45) is 3.72. The molecule has 0 heterocycles. The van der Waals surface area contributed by atoms with Crippen LogP contribution in [-0.2, 0) is 11.2 Å². The summed E-state index contributed by atoms with van der Waals surface area (Å²) in [5.41, 5.74) is 0.931. The number of amides is 1. The summed E-state index contributed by atoms with van der Waals surface area (Å²) in [5.74, 6) is 0.0836. The molecule has 3 heteroatoms. The summed E-state index contributed by atoms with van der Waals surface area (Å²) < 4.78 is 0. The molecule has 0 fully saturated rings. The molecule has 0 aliphatic rings. The van der Waals surface area contributed by atoms with Crippen molar-refractivity contribution < 1.29 is 4.79 Å². The Hall–Kier alpha value is -1.25. The highest BCUT2D eigenvalue weighted by molar-refractivity contribution is 6.09. The van der Waals surface area contributed by atoms with E-state index < -0.39 is 0 Å². The van der Waals surface area contributed by atoms with Crippen molar-refractivity contribution in [1.29, 1.82) is 0 Å². The number of rotatable bonds is 7. The number of hydrogen-bond acceptors (Lipinski definition) is 1. The van der Waals surface area contributed by atoms with Crippen molar-refractivity contribution in [3.05, 3.63) is 35.9 Å². The van der Waals surface area contributed by atoms with Gasteiger partial charge in [-0.1, -0.05) is 50.0 Å².